The van der Waals surface area contributed by atoms with Gasteiger partial charge < -0.3 is 15.0 Å². The number of benzene rings is 4. The molecule has 4 aromatic rings. The average Bonchev–Trinajstić information content (AvgIpc) is 3.23. The molecule has 5 rings (SSSR count). The number of nitrogens with zero attached hydrogens (tertiary/aromatic N) is 1. The Morgan fingerprint density at radius 2 is 1.55 bits per heavy atom. The van der Waals surface area contributed by atoms with Crippen molar-refractivity contribution in [2.75, 3.05) is 16.8 Å². The molecular weight excluding hydrogens is 480 g/mol. The molecule has 2 amide bonds. The summed E-state index contributed by atoms with van der Waals surface area (Å²) < 4.78 is 6.80. The molecule has 1 aliphatic heterocycles. The predicted molar refractivity (Wildman–Crippen MR) is 134 cm³/mol. The third-order valence-electron chi connectivity index (χ3n) is 5.72. The Balaban J connectivity index is 1.25. The van der Waals surface area contributed by atoms with E-state index in [9.17, 15) is 9.59 Å². The number of halogens is 1. The fourth-order valence-corrected chi connectivity index (χ4v) is 4.31. The summed E-state index contributed by atoms with van der Waals surface area (Å²) in [7, 11) is 0. The number of nitrogens with one attached hydrogen (secondary N) is 1. The Morgan fingerprint density at radius 3 is 2.30 bits per heavy atom. The fraction of sp³-hybridized carbons (Fsp3) is 0.111. The van der Waals surface area contributed by atoms with Crippen LogP contribution in [0.5, 0.6) is 11.5 Å². The Labute approximate surface area is 200 Å². The van der Waals surface area contributed by atoms with Crippen molar-refractivity contribution < 1.29 is 14.3 Å². The first-order valence-corrected chi connectivity index (χ1v) is 11.5. The van der Waals surface area contributed by atoms with Crippen LogP contribution in [0.15, 0.2) is 95.5 Å². The number of carbonyl (C=O) groups is 2. The van der Waals surface area contributed by atoms with Crippen molar-refractivity contribution >= 4 is 49.9 Å². The number of anilines is 2. The van der Waals surface area contributed by atoms with Gasteiger partial charge in [-0.15, -0.1) is 0 Å². The van der Waals surface area contributed by atoms with E-state index in [1.807, 2.05) is 66.7 Å². The first-order chi connectivity index (χ1) is 16.1. The Kier molecular flexibility index (Phi) is 5.84. The highest BCUT2D eigenvalue weighted by molar-refractivity contribution is 9.10. The SMILES string of the molecule is O=C(Nc1ccc(Oc2ccc(Br)cc2)cc1)[C@@H]1CC(=O)N(c2cccc3ccccc23)C1. The van der Waals surface area contributed by atoms with E-state index in [1.54, 1.807) is 29.2 Å². The molecule has 0 radical (unpaired) electrons. The Hall–Kier alpha value is -3.64. The average molecular weight is 501 g/mol. The van der Waals surface area contributed by atoms with E-state index in [0.717, 1.165) is 26.7 Å². The predicted octanol–water partition coefficient (Wildman–Crippen LogP) is 6.39. The summed E-state index contributed by atoms with van der Waals surface area (Å²) in [6, 6.07) is 28.6. The molecule has 0 aromatic heterocycles. The first-order valence-electron chi connectivity index (χ1n) is 10.7. The second-order valence-electron chi connectivity index (χ2n) is 7.97. The summed E-state index contributed by atoms with van der Waals surface area (Å²) in [6.45, 7) is 0.365. The summed E-state index contributed by atoms with van der Waals surface area (Å²) in [5, 5.41) is 5.01. The smallest absolute Gasteiger partial charge is 0.229 e. The zero-order valence-corrected chi connectivity index (χ0v) is 19.3. The summed E-state index contributed by atoms with van der Waals surface area (Å²) in [6.07, 6.45) is 0.194. The van der Waals surface area contributed by atoms with Crippen LogP contribution < -0.4 is 15.0 Å². The van der Waals surface area contributed by atoms with E-state index in [-0.39, 0.29) is 18.2 Å². The first kappa shape index (κ1) is 21.2. The van der Waals surface area contributed by atoms with Crippen molar-refractivity contribution in [2.24, 2.45) is 5.92 Å². The highest BCUT2D eigenvalue weighted by Crippen LogP contribution is 2.32. The van der Waals surface area contributed by atoms with Gasteiger partial charge in [0.1, 0.15) is 11.5 Å². The van der Waals surface area contributed by atoms with Crippen LogP contribution in [0.2, 0.25) is 0 Å². The molecule has 4 aromatic carbocycles. The highest BCUT2D eigenvalue weighted by Gasteiger charge is 2.35. The van der Waals surface area contributed by atoms with Crippen molar-refractivity contribution in [1.82, 2.24) is 0 Å². The van der Waals surface area contributed by atoms with E-state index in [0.29, 0.717) is 18.0 Å². The lowest BCUT2D eigenvalue weighted by molar-refractivity contribution is -0.122. The van der Waals surface area contributed by atoms with Crippen LogP contribution in [0.3, 0.4) is 0 Å². The maximum atomic E-state index is 12.9. The lowest BCUT2D eigenvalue weighted by atomic mass is 10.1. The molecule has 1 atom stereocenters. The molecule has 0 saturated carbocycles. The van der Waals surface area contributed by atoms with Crippen LogP contribution >= 0.6 is 15.9 Å². The minimum absolute atomic E-state index is 0.0373. The van der Waals surface area contributed by atoms with Crippen molar-refractivity contribution in [3.05, 3.63) is 95.5 Å². The van der Waals surface area contributed by atoms with Gasteiger partial charge in [0.2, 0.25) is 11.8 Å². The molecule has 0 aliphatic carbocycles. The van der Waals surface area contributed by atoms with Crippen LogP contribution in [0, 0.1) is 5.92 Å². The largest absolute Gasteiger partial charge is 0.457 e. The number of carbonyl (C=O) groups excluding carboxylic acids is 2. The van der Waals surface area contributed by atoms with Gasteiger partial charge in [-0.2, -0.15) is 0 Å². The quantitative estimate of drug-likeness (QED) is 0.345. The lowest BCUT2D eigenvalue weighted by Gasteiger charge is -2.19. The molecule has 5 nitrogen and oxygen atoms in total. The third-order valence-corrected chi connectivity index (χ3v) is 6.25. The molecule has 1 N–H and O–H groups in total. The van der Waals surface area contributed by atoms with Gasteiger partial charge >= 0.3 is 0 Å². The van der Waals surface area contributed by atoms with Crippen LogP contribution in [0.1, 0.15) is 6.42 Å². The second kappa shape index (κ2) is 9.08. The number of hydrogen-bond donors (Lipinski definition) is 1. The van der Waals surface area contributed by atoms with Gasteiger partial charge in [0, 0.05) is 28.5 Å². The highest BCUT2D eigenvalue weighted by atomic mass is 79.9. The van der Waals surface area contributed by atoms with Crippen molar-refractivity contribution in [2.45, 2.75) is 6.42 Å². The Bertz CT molecular complexity index is 1310. The number of ether oxygens (including phenoxy) is 1. The molecule has 0 unspecified atom stereocenters. The second-order valence-corrected chi connectivity index (χ2v) is 8.89. The molecule has 6 heteroatoms. The van der Waals surface area contributed by atoms with Gasteiger partial charge in [-0.05, 0) is 60.0 Å². The minimum Gasteiger partial charge on any atom is -0.457 e. The molecule has 1 fully saturated rings. The van der Waals surface area contributed by atoms with Crippen LogP contribution in [0.4, 0.5) is 11.4 Å². The van der Waals surface area contributed by atoms with Gasteiger partial charge in [0.05, 0.1) is 11.6 Å². The van der Waals surface area contributed by atoms with Gasteiger partial charge in [0.15, 0.2) is 0 Å². The van der Waals surface area contributed by atoms with Gasteiger partial charge in [0.25, 0.3) is 0 Å². The van der Waals surface area contributed by atoms with Gasteiger partial charge in [-0.3, -0.25) is 9.59 Å². The third kappa shape index (κ3) is 4.61. The molecule has 0 spiro atoms. The zero-order chi connectivity index (χ0) is 22.8. The topological polar surface area (TPSA) is 58.6 Å². The Morgan fingerprint density at radius 1 is 0.879 bits per heavy atom. The van der Waals surface area contributed by atoms with Crippen molar-refractivity contribution in [3.63, 3.8) is 0 Å². The van der Waals surface area contributed by atoms with Crippen molar-refractivity contribution in [3.8, 4) is 11.5 Å². The number of fused-ring (bicyclic) bond motifs is 1. The molecule has 1 heterocycles. The monoisotopic (exact) mass is 500 g/mol. The summed E-state index contributed by atoms with van der Waals surface area (Å²) in [4.78, 5) is 27.4. The molecule has 1 saturated heterocycles. The van der Waals surface area contributed by atoms with Crippen LogP contribution in [0.25, 0.3) is 10.8 Å². The molecule has 1 aliphatic rings. The summed E-state index contributed by atoms with van der Waals surface area (Å²) in [5.74, 6) is 0.800. The van der Waals surface area contributed by atoms with E-state index >= 15 is 0 Å². The van der Waals surface area contributed by atoms with E-state index < -0.39 is 5.92 Å². The normalized spacial score (nSPS) is 15.6. The van der Waals surface area contributed by atoms with E-state index in [2.05, 4.69) is 21.2 Å². The van der Waals surface area contributed by atoms with E-state index in [1.165, 1.54) is 0 Å². The number of rotatable bonds is 5. The lowest BCUT2D eigenvalue weighted by Crippen LogP contribution is -2.28. The zero-order valence-electron chi connectivity index (χ0n) is 17.7. The standard InChI is InChI=1S/C27H21BrN2O3/c28-20-8-12-22(13-9-20)33-23-14-10-21(11-15-23)29-27(32)19-16-26(31)30(17-19)25-7-3-5-18-4-1-2-6-24(18)25/h1-15,19H,16-17H2,(H,29,32)/t19-/m1/s1. The number of hydrogen-bond acceptors (Lipinski definition) is 3. The van der Waals surface area contributed by atoms with Crippen molar-refractivity contribution in [1.29, 1.82) is 0 Å². The molecule has 164 valence electrons. The maximum absolute atomic E-state index is 12.9. The summed E-state index contributed by atoms with van der Waals surface area (Å²) in [5.41, 5.74) is 1.52. The minimum atomic E-state index is -0.407. The molecule has 33 heavy (non-hydrogen) atoms. The molecular formula is C27H21BrN2O3. The van der Waals surface area contributed by atoms with Gasteiger partial charge in [-0.1, -0.05) is 52.3 Å². The molecule has 0 bridgehead atoms. The van der Waals surface area contributed by atoms with Gasteiger partial charge in [-0.25, -0.2) is 0 Å². The number of amides is 2. The maximum Gasteiger partial charge on any atom is 0.229 e. The van der Waals surface area contributed by atoms with E-state index in [4.69, 9.17) is 4.74 Å². The van der Waals surface area contributed by atoms with Crippen LogP contribution in [-0.4, -0.2) is 18.4 Å². The summed E-state index contributed by atoms with van der Waals surface area (Å²) >= 11 is 3.40. The fourth-order valence-electron chi connectivity index (χ4n) is 4.05. The van der Waals surface area contributed by atoms with Crippen LogP contribution in [-0.2, 0) is 9.59 Å².